The molecule has 98 valence electrons. The van der Waals surface area contributed by atoms with E-state index in [4.69, 9.17) is 19.6 Å². The Morgan fingerprint density at radius 1 is 1.31 bits per heavy atom. The van der Waals surface area contributed by atoms with Gasteiger partial charge < -0.3 is 24.1 Å². The van der Waals surface area contributed by atoms with Gasteiger partial charge in [-0.3, -0.25) is 4.52 Å². The van der Waals surface area contributed by atoms with Gasteiger partial charge in [-0.1, -0.05) is 0 Å². The van der Waals surface area contributed by atoms with E-state index in [0.29, 0.717) is 4.48 Å². The first kappa shape index (κ1) is 16.0. The lowest BCUT2D eigenvalue weighted by Crippen LogP contribution is -2.44. The molecule has 8 heteroatoms. The molecule has 0 aliphatic rings. The van der Waals surface area contributed by atoms with Gasteiger partial charge in [-0.2, -0.15) is 0 Å². The summed E-state index contributed by atoms with van der Waals surface area (Å²) >= 11 is 0. The van der Waals surface area contributed by atoms with Crippen LogP contribution in [-0.4, -0.2) is 66.1 Å². The van der Waals surface area contributed by atoms with Crippen LogP contribution in [0.3, 0.4) is 0 Å². The molecule has 0 rings (SSSR count). The van der Waals surface area contributed by atoms with E-state index in [1.807, 2.05) is 21.1 Å². The summed E-state index contributed by atoms with van der Waals surface area (Å²) in [7, 11) is 0.918. The minimum atomic E-state index is -4.59. The average Bonchev–Trinajstić information content (AvgIpc) is 1.97. The second-order valence-corrected chi connectivity index (χ2v) is 5.82. The van der Waals surface area contributed by atoms with E-state index in [2.05, 4.69) is 4.52 Å². The van der Waals surface area contributed by atoms with Gasteiger partial charge in [0.25, 0.3) is 0 Å². The van der Waals surface area contributed by atoms with Crippen LogP contribution in [0.2, 0.25) is 0 Å². The molecule has 0 bridgehead atoms. The van der Waals surface area contributed by atoms with Crippen LogP contribution >= 0.6 is 7.82 Å². The Bertz CT molecular complexity index is 247. The summed E-state index contributed by atoms with van der Waals surface area (Å²) in [5.41, 5.74) is 0. The van der Waals surface area contributed by atoms with Gasteiger partial charge in [-0.25, -0.2) is 4.57 Å². The molecule has 0 aliphatic heterocycles. The van der Waals surface area contributed by atoms with E-state index in [1.165, 1.54) is 0 Å². The summed E-state index contributed by atoms with van der Waals surface area (Å²) in [6.45, 7) is 1.61. The Morgan fingerprint density at radius 3 is 2.12 bits per heavy atom. The number of rotatable bonds is 7. The van der Waals surface area contributed by atoms with Crippen LogP contribution < -0.4 is 0 Å². The lowest BCUT2D eigenvalue weighted by Gasteiger charge is -2.30. The number of quaternary nitrogens is 1. The van der Waals surface area contributed by atoms with Crippen molar-refractivity contribution in [1.82, 2.24) is 0 Å². The molecular formula is C8H21NO6P+. The van der Waals surface area contributed by atoms with Crippen molar-refractivity contribution in [3.8, 4) is 0 Å². The zero-order valence-corrected chi connectivity index (χ0v) is 10.9. The van der Waals surface area contributed by atoms with Crippen LogP contribution in [0.15, 0.2) is 0 Å². The third-order valence-corrected chi connectivity index (χ3v) is 2.10. The molecule has 0 fully saturated rings. The van der Waals surface area contributed by atoms with E-state index in [-0.39, 0.29) is 13.2 Å². The van der Waals surface area contributed by atoms with E-state index >= 15 is 0 Å². The molecule has 0 aromatic carbocycles. The molecule has 0 aromatic heterocycles. The predicted octanol–water partition coefficient (Wildman–Crippen LogP) is -0.475. The first-order valence-electron chi connectivity index (χ1n) is 4.84. The van der Waals surface area contributed by atoms with Gasteiger partial charge in [0.15, 0.2) is 0 Å². The van der Waals surface area contributed by atoms with Gasteiger partial charge in [0.1, 0.15) is 6.54 Å². The molecular weight excluding hydrogens is 237 g/mol. The van der Waals surface area contributed by atoms with Crippen molar-refractivity contribution in [1.29, 1.82) is 0 Å². The molecule has 0 spiro atoms. The smallest absolute Gasteiger partial charge is 0.394 e. The lowest BCUT2D eigenvalue weighted by atomic mass is 10.4. The maximum absolute atomic E-state index is 10.7. The Kier molecular flexibility index (Phi) is 6.06. The topological polar surface area (TPSA) is 96.2 Å². The molecule has 0 aliphatic carbocycles. The summed E-state index contributed by atoms with van der Waals surface area (Å²) in [5, 5.41) is 8.80. The van der Waals surface area contributed by atoms with Crippen LogP contribution in [-0.2, 0) is 13.8 Å². The summed E-state index contributed by atoms with van der Waals surface area (Å²) < 4.78 is 20.8. The van der Waals surface area contributed by atoms with Crippen LogP contribution in [0.5, 0.6) is 0 Å². The van der Waals surface area contributed by atoms with Gasteiger partial charge in [0, 0.05) is 0 Å². The number of likely N-dealkylation sites (N-methyl/N-ethyl adjacent to an activating group) is 1. The number of phosphoric acid groups is 1. The third kappa shape index (κ3) is 9.23. The van der Waals surface area contributed by atoms with Crippen molar-refractivity contribution < 1.29 is 33.2 Å². The fourth-order valence-corrected chi connectivity index (χ4v) is 1.43. The number of nitrogens with zero attached hydrogens (tertiary/aromatic N) is 1. The number of ether oxygens (including phenoxy) is 1. The molecule has 0 aromatic rings. The monoisotopic (exact) mass is 258 g/mol. The van der Waals surface area contributed by atoms with Gasteiger partial charge in [0.05, 0.1) is 33.9 Å². The molecule has 7 nitrogen and oxygen atoms in total. The highest BCUT2D eigenvalue weighted by Gasteiger charge is 2.29. The first-order valence-corrected chi connectivity index (χ1v) is 6.37. The van der Waals surface area contributed by atoms with E-state index < -0.39 is 20.2 Å². The largest absolute Gasteiger partial charge is 0.472 e. The molecule has 0 saturated heterocycles. The fraction of sp³-hybridized carbons (Fsp3) is 1.00. The molecule has 16 heavy (non-hydrogen) atoms. The Morgan fingerprint density at radius 2 is 1.81 bits per heavy atom. The van der Waals surface area contributed by atoms with E-state index in [1.54, 1.807) is 6.92 Å². The Labute approximate surface area is 95.4 Å². The summed E-state index contributed by atoms with van der Waals surface area (Å²) in [5.74, 6) is 0. The molecule has 3 N–H and O–H groups in total. The number of phosphoric ester groups is 1. The van der Waals surface area contributed by atoms with Crippen LogP contribution in [0.1, 0.15) is 6.92 Å². The zero-order chi connectivity index (χ0) is 13.0. The highest BCUT2D eigenvalue weighted by Crippen LogP contribution is 2.38. The normalized spacial score (nSPS) is 17.2. The highest BCUT2D eigenvalue weighted by atomic mass is 31.2. The number of hydrogen-bond acceptors (Lipinski definition) is 4. The fourth-order valence-electron chi connectivity index (χ4n) is 1.00. The second kappa shape index (κ2) is 6.07. The maximum Gasteiger partial charge on any atom is 0.472 e. The van der Waals surface area contributed by atoms with E-state index in [0.717, 1.165) is 0 Å². The van der Waals surface area contributed by atoms with Gasteiger partial charge >= 0.3 is 7.82 Å². The Balaban J connectivity index is 4.45. The van der Waals surface area contributed by atoms with Crippen LogP contribution in [0.25, 0.3) is 0 Å². The van der Waals surface area contributed by atoms with Crippen molar-refractivity contribution in [3.05, 3.63) is 0 Å². The first-order chi connectivity index (χ1) is 7.03. The highest BCUT2D eigenvalue weighted by molar-refractivity contribution is 7.46. The number of aliphatic hydroxyl groups excluding tert-OH is 1. The predicted molar refractivity (Wildman–Crippen MR) is 57.4 cm³/mol. The SMILES string of the molecule is CC(CO)OC(C[N+](C)(C)C)OP(=O)(O)O. The average molecular weight is 258 g/mol. The van der Waals surface area contributed by atoms with Crippen LogP contribution in [0.4, 0.5) is 0 Å². The summed E-state index contributed by atoms with van der Waals surface area (Å²) in [6.07, 6.45) is -1.59. The molecule has 0 radical (unpaired) electrons. The van der Waals surface area contributed by atoms with Gasteiger partial charge in [-0.05, 0) is 6.92 Å². The van der Waals surface area contributed by atoms with Gasteiger partial charge in [-0.15, -0.1) is 0 Å². The summed E-state index contributed by atoms with van der Waals surface area (Å²) in [6, 6.07) is 0. The van der Waals surface area contributed by atoms with Crippen LogP contribution in [0, 0.1) is 0 Å². The molecule has 0 heterocycles. The Hall–Kier alpha value is -0.0100. The summed E-state index contributed by atoms with van der Waals surface area (Å²) in [4.78, 5) is 17.4. The maximum atomic E-state index is 10.7. The quantitative estimate of drug-likeness (QED) is 0.324. The standard InChI is InChI=1S/C8H20NO6P/c1-7(6-10)14-8(5-9(2,3)4)15-16(11,12)13/h7-8,10H,5-6H2,1-4H3,(H-,11,12,13)/p+1. The minimum absolute atomic E-state index is 0.238. The van der Waals surface area contributed by atoms with Crippen molar-refractivity contribution in [2.75, 3.05) is 34.3 Å². The molecule has 2 unspecified atom stereocenters. The third-order valence-electron chi connectivity index (χ3n) is 1.59. The molecule has 0 saturated carbocycles. The van der Waals surface area contributed by atoms with Crippen molar-refractivity contribution in [3.63, 3.8) is 0 Å². The van der Waals surface area contributed by atoms with E-state index in [9.17, 15) is 4.57 Å². The second-order valence-electron chi connectivity index (χ2n) is 4.63. The van der Waals surface area contributed by atoms with Crippen molar-refractivity contribution in [2.45, 2.75) is 19.3 Å². The lowest BCUT2D eigenvalue weighted by molar-refractivity contribution is -0.876. The number of hydrogen-bond donors (Lipinski definition) is 3. The minimum Gasteiger partial charge on any atom is -0.394 e. The van der Waals surface area contributed by atoms with Crippen molar-refractivity contribution in [2.24, 2.45) is 0 Å². The zero-order valence-electron chi connectivity index (χ0n) is 10.0. The van der Waals surface area contributed by atoms with Crippen molar-refractivity contribution >= 4 is 7.82 Å². The molecule has 2 atom stereocenters. The number of aliphatic hydroxyl groups is 1. The van der Waals surface area contributed by atoms with Gasteiger partial charge in [0.2, 0.25) is 6.29 Å². The molecule has 0 amide bonds.